The minimum Gasteiger partial charge on any atom is -0.465 e. The quantitative estimate of drug-likeness (QED) is 0.557. The zero-order valence-electron chi connectivity index (χ0n) is 17.8. The summed E-state index contributed by atoms with van der Waals surface area (Å²) in [5, 5.41) is 0. The van der Waals surface area contributed by atoms with E-state index >= 15 is 0 Å². The lowest BCUT2D eigenvalue weighted by Gasteiger charge is -2.35. The number of piperidine rings is 1. The van der Waals surface area contributed by atoms with Gasteiger partial charge in [0.15, 0.2) is 0 Å². The van der Waals surface area contributed by atoms with Gasteiger partial charge in [0.25, 0.3) is 0 Å². The van der Waals surface area contributed by atoms with Crippen LogP contribution in [0.1, 0.15) is 29.3 Å². The molecule has 0 aliphatic carbocycles. The topological polar surface area (TPSA) is 59.1 Å². The molecule has 0 spiro atoms. The number of benzene rings is 2. The number of halogens is 2. The van der Waals surface area contributed by atoms with Crippen LogP contribution in [0, 0.1) is 11.7 Å². The Morgan fingerprint density at radius 1 is 1.26 bits per heavy atom. The molecule has 1 aliphatic rings. The molecule has 1 unspecified atom stereocenters. The van der Waals surface area contributed by atoms with E-state index in [0.29, 0.717) is 22.1 Å². The minimum atomic E-state index is -0.628. The molecule has 166 valence electrons. The maximum atomic E-state index is 14.6. The number of anilines is 1. The van der Waals surface area contributed by atoms with Crippen molar-refractivity contribution in [3.8, 4) is 0 Å². The van der Waals surface area contributed by atoms with E-state index in [2.05, 4.69) is 27.8 Å². The molecule has 6 nitrogen and oxygen atoms in total. The highest BCUT2D eigenvalue weighted by Crippen LogP contribution is 2.26. The third-order valence-electron chi connectivity index (χ3n) is 5.43. The van der Waals surface area contributed by atoms with Crippen LogP contribution in [0.4, 0.5) is 14.9 Å². The number of carbonyl (C=O) groups excluding carboxylic acids is 2. The first-order valence-corrected chi connectivity index (χ1v) is 10.9. The Balaban J connectivity index is 1.91. The van der Waals surface area contributed by atoms with Crippen LogP contribution in [0.2, 0.25) is 0 Å². The maximum Gasteiger partial charge on any atom is 0.415 e. The summed E-state index contributed by atoms with van der Waals surface area (Å²) in [5.41, 5.74) is 1.07. The van der Waals surface area contributed by atoms with Gasteiger partial charge in [-0.05, 0) is 61.8 Å². The largest absolute Gasteiger partial charge is 0.465 e. The van der Waals surface area contributed by atoms with Crippen molar-refractivity contribution in [2.75, 3.05) is 32.1 Å². The van der Waals surface area contributed by atoms with E-state index in [4.69, 9.17) is 9.47 Å². The number of ether oxygens (including phenoxy) is 2. The van der Waals surface area contributed by atoms with Crippen LogP contribution in [0.15, 0.2) is 46.9 Å². The van der Waals surface area contributed by atoms with E-state index < -0.39 is 17.9 Å². The maximum absolute atomic E-state index is 14.6. The molecule has 31 heavy (non-hydrogen) atoms. The zero-order valence-corrected chi connectivity index (χ0v) is 19.4. The highest BCUT2D eigenvalue weighted by molar-refractivity contribution is 9.10. The second-order valence-electron chi connectivity index (χ2n) is 7.83. The van der Waals surface area contributed by atoms with Crippen molar-refractivity contribution in [1.82, 2.24) is 4.90 Å². The standard InChI is InChI=1S/C23H26BrFN2O4/c1-15-8-9-26(2)14-21(15)31-23(29)27(20-7-5-4-6-19(20)25)13-16-10-17(22(28)30-3)12-18(24)11-16/h4-7,10-12,15,21H,8-9,13-14H2,1-3H3/t15?,21-/m0/s1. The molecule has 2 atom stereocenters. The molecular formula is C23H26BrFN2O4. The van der Waals surface area contributed by atoms with E-state index in [1.165, 1.54) is 24.1 Å². The van der Waals surface area contributed by atoms with Gasteiger partial charge < -0.3 is 14.4 Å². The lowest BCUT2D eigenvalue weighted by atomic mass is 9.96. The van der Waals surface area contributed by atoms with E-state index in [0.717, 1.165) is 13.0 Å². The average molecular weight is 493 g/mol. The van der Waals surface area contributed by atoms with Crippen molar-refractivity contribution in [3.05, 3.63) is 63.9 Å². The summed E-state index contributed by atoms with van der Waals surface area (Å²) in [7, 11) is 3.28. The number of carbonyl (C=O) groups is 2. The van der Waals surface area contributed by atoms with Gasteiger partial charge in [-0.15, -0.1) is 0 Å². The SMILES string of the molecule is COC(=O)c1cc(Br)cc(CN(C(=O)O[C@H]2CN(C)CCC2C)c2ccccc2F)c1. The van der Waals surface area contributed by atoms with Gasteiger partial charge in [-0.2, -0.15) is 0 Å². The fourth-order valence-corrected chi connectivity index (χ4v) is 4.15. The number of rotatable bonds is 5. The summed E-state index contributed by atoms with van der Waals surface area (Å²) in [4.78, 5) is 28.6. The fourth-order valence-electron chi connectivity index (χ4n) is 3.61. The normalized spacial score (nSPS) is 19.0. The second kappa shape index (κ2) is 10.2. The smallest absolute Gasteiger partial charge is 0.415 e. The monoisotopic (exact) mass is 492 g/mol. The number of methoxy groups -OCH3 is 1. The molecule has 0 aromatic heterocycles. The second-order valence-corrected chi connectivity index (χ2v) is 8.74. The fraction of sp³-hybridized carbons (Fsp3) is 0.391. The minimum absolute atomic E-state index is 0.0279. The summed E-state index contributed by atoms with van der Waals surface area (Å²) in [6, 6.07) is 11.1. The number of hydrogen-bond acceptors (Lipinski definition) is 5. The van der Waals surface area contributed by atoms with Crippen LogP contribution >= 0.6 is 15.9 Å². The molecule has 2 aromatic carbocycles. The Bertz CT molecular complexity index is 955. The van der Waals surface area contributed by atoms with Gasteiger partial charge in [0.2, 0.25) is 0 Å². The van der Waals surface area contributed by atoms with Crippen LogP contribution < -0.4 is 4.90 Å². The molecule has 0 saturated carbocycles. The Kier molecular flexibility index (Phi) is 7.67. The Hall–Kier alpha value is -2.45. The summed E-state index contributed by atoms with van der Waals surface area (Å²) in [6.45, 7) is 3.65. The Labute approximate surface area is 190 Å². The number of likely N-dealkylation sites (tertiary alicyclic amines) is 1. The van der Waals surface area contributed by atoms with Crippen molar-refractivity contribution < 1.29 is 23.5 Å². The van der Waals surface area contributed by atoms with Crippen LogP contribution in [-0.2, 0) is 16.0 Å². The van der Waals surface area contributed by atoms with E-state index in [9.17, 15) is 14.0 Å². The van der Waals surface area contributed by atoms with E-state index in [-0.39, 0.29) is 24.3 Å². The zero-order chi connectivity index (χ0) is 22.5. The van der Waals surface area contributed by atoms with Crippen LogP contribution in [0.5, 0.6) is 0 Å². The first-order valence-electron chi connectivity index (χ1n) is 10.1. The molecule has 1 aliphatic heterocycles. The number of esters is 1. The third kappa shape index (κ3) is 5.83. The van der Waals surface area contributed by atoms with Crippen LogP contribution in [0.25, 0.3) is 0 Å². The van der Waals surface area contributed by atoms with Crippen LogP contribution in [0.3, 0.4) is 0 Å². The van der Waals surface area contributed by atoms with Gasteiger partial charge in [-0.25, -0.2) is 14.0 Å². The first kappa shape index (κ1) is 23.2. The third-order valence-corrected chi connectivity index (χ3v) is 5.89. The number of likely N-dealkylation sites (N-methyl/N-ethyl adjacent to an activating group) is 1. The lowest BCUT2D eigenvalue weighted by Crippen LogP contribution is -2.45. The van der Waals surface area contributed by atoms with Gasteiger partial charge >= 0.3 is 12.1 Å². The molecule has 1 amide bonds. The molecule has 3 rings (SSSR count). The predicted octanol–water partition coefficient (Wildman–Crippen LogP) is 4.86. The molecule has 1 fully saturated rings. The van der Waals surface area contributed by atoms with Crippen molar-refractivity contribution in [3.63, 3.8) is 0 Å². The number of para-hydroxylation sites is 1. The van der Waals surface area contributed by atoms with E-state index in [1.54, 1.807) is 30.3 Å². The highest BCUT2D eigenvalue weighted by atomic mass is 79.9. The van der Waals surface area contributed by atoms with Crippen LogP contribution in [-0.4, -0.2) is 50.3 Å². The Morgan fingerprint density at radius 3 is 2.71 bits per heavy atom. The average Bonchev–Trinajstić information content (AvgIpc) is 2.74. The molecule has 8 heteroatoms. The van der Waals surface area contributed by atoms with E-state index in [1.807, 2.05) is 7.05 Å². The summed E-state index contributed by atoms with van der Waals surface area (Å²) >= 11 is 3.38. The van der Waals surface area contributed by atoms with Gasteiger partial charge in [0.1, 0.15) is 11.9 Å². The molecule has 0 bridgehead atoms. The van der Waals surface area contributed by atoms with Gasteiger partial charge in [-0.1, -0.05) is 35.0 Å². The predicted molar refractivity (Wildman–Crippen MR) is 120 cm³/mol. The van der Waals surface area contributed by atoms with Crippen molar-refractivity contribution >= 4 is 33.7 Å². The summed E-state index contributed by atoms with van der Waals surface area (Å²) in [6.07, 6.45) is 0.00735. The van der Waals surface area contributed by atoms with Crippen molar-refractivity contribution in [2.24, 2.45) is 5.92 Å². The molecule has 1 heterocycles. The Morgan fingerprint density at radius 2 is 2.00 bits per heavy atom. The van der Waals surface area contributed by atoms with Gasteiger partial charge in [-0.3, -0.25) is 4.90 Å². The highest BCUT2D eigenvalue weighted by Gasteiger charge is 2.30. The molecular weight excluding hydrogens is 467 g/mol. The number of amides is 1. The molecule has 0 radical (unpaired) electrons. The summed E-state index contributed by atoms with van der Waals surface area (Å²) < 4.78 is 25.9. The first-order chi connectivity index (χ1) is 14.8. The molecule has 2 aromatic rings. The van der Waals surface area contributed by atoms with Crippen molar-refractivity contribution in [1.29, 1.82) is 0 Å². The van der Waals surface area contributed by atoms with Gasteiger partial charge in [0.05, 0.1) is 24.9 Å². The van der Waals surface area contributed by atoms with Crippen molar-refractivity contribution in [2.45, 2.75) is 26.0 Å². The number of nitrogens with zero attached hydrogens (tertiary/aromatic N) is 2. The van der Waals surface area contributed by atoms with Gasteiger partial charge in [0, 0.05) is 11.0 Å². The number of hydrogen-bond donors (Lipinski definition) is 0. The summed E-state index contributed by atoms with van der Waals surface area (Å²) in [5.74, 6) is -0.822. The lowest BCUT2D eigenvalue weighted by molar-refractivity contribution is 0.0209. The molecule has 1 saturated heterocycles. The molecule has 0 N–H and O–H groups in total.